The fourth-order valence-electron chi connectivity index (χ4n) is 1.03. The first-order valence-corrected chi connectivity index (χ1v) is 5.86. The molecule has 4 nitrogen and oxygen atoms in total. The van der Waals surface area contributed by atoms with Crippen molar-refractivity contribution in [1.29, 1.82) is 0 Å². The lowest BCUT2D eigenvalue weighted by Crippen LogP contribution is -2.23. The summed E-state index contributed by atoms with van der Waals surface area (Å²) in [5, 5.41) is 0. The van der Waals surface area contributed by atoms with E-state index in [1.807, 2.05) is 24.3 Å². The van der Waals surface area contributed by atoms with Gasteiger partial charge in [0.2, 0.25) is 0 Å². The maximum absolute atomic E-state index is 11.3. The Hall–Kier alpha value is -1.17. The molecular formula is C12H14BrNO3. The molecule has 0 fully saturated rings. The third-order valence-corrected chi connectivity index (χ3v) is 2.39. The summed E-state index contributed by atoms with van der Waals surface area (Å²) in [5.74, 6) is -0.302. The molecule has 1 aromatic rings. The molecule has 0 aliphatic carbocycles. The van der Waals surface area contributed by atoms with Crippen LogP contribution in [0.2, 0.25) is 0 Å². The summed E-state index contributed by atoms with van der Waals surface area (Å²) in [4.78, 5) is 16.1. The molecule has 92 valence electrons. The van der Waals surface area contributed by atoms with Gasteiger partial charge in [0.25, 0.3) is 5.91 Å². The second kappa shape index (κ2) is 8.00. The Balaban J connectivity index is 2.32. The number of benzene rings is 1. The van der Waals surface area contributed by atoms with Crippen LogP contribution >= 0.6 is 15.9 Å². The van der Waals surface area contributed by atoms with E-state index >= 15 is 0 Å². The average molecular weight is 300 g/mol. The summed E-state index contributed by atoms with van der Waals surface area (Å²) in [6.45, 7) is 0.769. The monoisotopic (exact) mass is 299 g/mol. The van der Waals surface area contributed by atoms with E-state index in [1.54, 1.807) is 13.2 Å². The Morgan fingerprint density at radius 1 is 1.35 bits per heavy atom. The van der Waals surface area contributed by atoms with Crippen LogP contribution in [-0.2, 0) is 14.4 Å². The van der Waals surface area contributed by atoms with Crippen molar-refractivity contribution in [2.75, 3.05) is 20.3 Å². The predicted octanol–water partition coefficient (Wildman–Crippen LogP) is 2.16. The molecule has 1 amide bonds. The molecule has 0 aliphatic heterocycles. The van der Waals surface area contributed by atoms with Gasteiger partial charge in [-0.1, -0.05) is 28.1 Å². The number of carbonyl (C=O) groups excluding carboxylic acids is 1. The molecule has 1 rings (SSSR count). The lowest BCUT2D eigenvalue weighted by molar-refractivity contribution is -0.129. The van der Waals surface area contributed by atoms with Crippen LogP contribution in [0.5, 0.6) is 0 Å². The number of hydroxylamine groups is 1. The summed E-state index contributed by atoms with van der Waals surface area (Å²) in [6.07, 6.45) is 3.12. The minimum Gasteiger partial charge on any atom is -0.382 e. The Kier molecular flexibility index (Phi) is 6.54. The molecule has 5 heteroatoms. The topological polar surface area (TPSA) is 47.6 Å². The van der Waals surface area contributed by atoms with Crippen molar-refractivity contribution in [1.82, 2.24) is 5.48 Å². The summed E-state index contributed by atoms with van der Waals surface area (Å²) < 4.78 is 5.77. The molecule has 1 N–H and O–H groups in total. The standard InChI is InChI=1S/C12H14BrNO3/c1-16-8-9-17-14-12(15)7-4-10-2-5-11(13)6-3-10/h2-7H,8-9H2,1H3,(H,14,15)/b7-4+. The van der Waals surface area contributed by atoms with Crippen LogP contribution in [0.1, 0.15) is 5.56 Å². The normalized spacial score (nSPS) is 10.7. The smallest absolute Gasteiger partial charge is 0.267 e. The van der Waals surface area contributed by atoms with Gasteiger partial charge in [-0.3, -0.25) is 9.63 Å². The zero-order valence-corrected chi connectivity index (χ0v) is 11.1. The second-order valence-corrected chi connectivity index (χ2v) is 4.11. The van der Waals surface area contributed by atoms with Crippen LogP contribution in [0.15, 0.2) is 34.8 Å². The van der Waals surface area contributed by atoms with Crippen LogP contribution in [-0.4, -0.2) is 26.2 Å². The first-order chi connectivity index (χ1) is 8.22. The number of amides is 1. The molecule has 0 atom stereocenters. The molecule has 0 aromatic heterocycles. The van der Waals surface area contributed by atoms with Crippen LogP contribution in [0.4, 0.5) is 0 Å². The first kappa shape index (κ1) is 13.9. The van der Waals surface area contributed by atoms with E-state index < -0.39 is 0 Å². The van der Waals surface area contributed by atoms with Gasteiger partial charge in [-0.05, 0) is 23.8 Å². The van der Waals surface area contributed by atoms with E-state index in [-0.39, 0.29) is 5.91 Å². The molecular weight excluding hydrogens is 286 g/mol. The molecule has 0 radical (unpaired) electrons. The second-order valence-electron chi connectivity index (χ2n) is 3.19. The maximum Gasteiger partial charge on any atom is 0.267 e. The SMILES string of the molecule is COCCONC(=O)/C=C/c1ccc(Br)cc1. The van der Waals surface area contributed by atoms with Crippen LogP contribution in [0.3, 0.4) is 0 Å². The highest BCUT2D eigenvalue weighted by atomic mass is 79.9. The van der Waals surface area contributed by atoms with Gasteiger partial charge in [0.05, 0.1) is 13.2 Å². The third kappa shape index (κ3) is 6.21. The van der Waals surface area contributed by atoms with Gasteiger partial charge in [-0.25, -0.2) is 5.48 Å². The highest BCUT2D eigenvalue weighted by molar-refractivity contribution is 9.10. The molecule has 0 bridgehead atoms. The first-order valence-electron chi connectivity index (χ1n) is 5.06. The largest absolute Gasteiger partial charge is 0.382 e. The van der Waals surface area contributed by atoms with E-state index in [1.165, 1.54) is 6.08 Å². The van der Waals surface area contributed by atoms with Crippen molar-refractivity contribution < 1.29 is 14.4 Å². The van der Waals surface area contributed by atoms with Crippen molar-refractivity contribution in [2.45, 2.75) is 0 Å². The number of methoxy groups -OCH3 is 1. The quantitative estimate of drug-likeness (QED) is 0.497. The van der Waals surface area contributed by atoms with Gasteiger partial charge in [-0.2, -0.15) is 0 Å². The Morgan fingerprint density at radius 2 is 2.06 bits per heavy atom. The minimum atomic E-state index is -0.302. The van der Waals surface area contributed by atoms with Gasteiger partial charge in [0, 0.05) is 17.7 Å². The molecule has 0 saturated heterocycles. The van der Waals surface area contributed by atoms with Gasteiger partial charge >= 0.3 is 0 Å². The molecule has 0 aliphatic rings. The van der Waals surface area contributed by atoms with Crippen LogP contribution < -0.4 is 5.48 Å². The molecule has 0 spiro atoms. The lowest BCUT2D eigenvalue weighted by Gasteiger charge is -2.01. The Bertz CT molecular complexity index is 376. The zero-order valence-electron chi connectivity index (χ0n) is 9.48. The number of carbonyl (C=O) groups is 1. The fourth-order valence-corrected chi connectivity index (χ4v) is 1.29. The number of nitrogens with one attached hydrogen (secondary N) is 1. The summed E-state index contributed by atoms with van der Waals surface area (Å²) in [7, 11) is 1.57. The van der Waals surface area contributed by atoms with E-state index in [4.69, 9.17) is 9.57 Å². The van der Waals surface area contributed by atoms with Crippen LogP contribution in [0.25, 0.3) is 6.08 Å². The van der Waals surface area contributed by atoms with Gasteiger partial charge in [0.15, 0.2) is 0 Å². The number of halogens is 1. The van der Waals surface area contributed by atoms with Crippen molar-refractivity contribution in [3.63, 3.8) is 0 Å². The lowest BCUT2D eigenvalue weighted by atomic mass is 10.2. The summed E-state index contributed by atoms with van der Waals surface area (Å²) >= 11 is 3.34. The maximum atomic E-state index is 11.3. The van der Waals surface area contributed by atoms with Crippen molar-refractivity contribution in [2.24, 2.45) is 0 Å². The number of rotatable bonds is 6. The Morgan fingerprint density at radius 3 is 2.71 bits per heavy atom. The molecule has 1 aromatic carbocycles. The highest BCUT2D eigenvalue weighted by Gasteiger charge is 1.94. The van der Waals surface area contributed by atoms with Gasteiger partial charge < -0.3 is 4.74 Å². The number of hydrogen-bond donors (Lipinski definition) is 1. The highest BCUT2D eigenvalue weighted by Crippen LogP contribution is 2.11. The van der Waals surface area contributed by atoms with Gasteiger partial charge in [-0.15, -0.1) is 0 Å². The van der Waals surface area contributed by atoms with Crippen molar-refractivity contribution in [3.05, 3.63) is 40.4 Å². The van der Waals surface area contributed by atoms with E-state index in [2.05, 4.69) is 21.4 Å². The fraction of sp³-hybridized carbons (Fsp3) is 0.250. The van der Waals surface area contributed by atoms with Crippen molar-refractivity contribution >= 4 is 27.9 Å². The average Bonchev–Trinajstić information content (AvgIpc) is 2.34. The molecule has 0 heterocycles. The minimum absolute atomic E-state index is 0.302. The zero-order chi connectivity index (χ0) is 12.5. The van der Waals surface area contributed by atoms with E-state index in [0.29, 0.717) is 13.2 Å². The summed E-state index contributed by atoms with van der Waals surface area (Å²) in [6, 6.07) is 7.62. The molecule has 0 unspecified atom stereocenters. The predicted molar refractivity (Wildman–Crippen MR) is 69.1 cm³/mol. The number of hydrogen-bond acceptors (Lipinski definition) is 3. The van der Waals surface area contributed by atoms with Gasteiger partial charge in [0.1, 0.15) is 0 Å². The third-order valence-electron chi connectivity index (χ3n) is 1.86. The Labute approximate surface area is 109 Å². The summed E-state index contributed by atoms with van der Waals surface area (Å²) in [5.41, 5.74) is 3.23. The van der Waals surface area contributed by atoms with E-state index in [9.17, 15) is 4.79 Å². The van der Waals surface area contributed by atoms with E-state index in [0.717, 1.165) is 10.0 Å². The molecule has 17 heavy (non-hydrogen) atoms. The van der Waals surface area contributed by atoms with Crippen LogP contribution in [0, 0.1) is 0 Å². The van der Waals surface area contributed by atoms with Crippen molar-refractivity contribution in [3.8, 4) is 0 Å². The molecule has 0 saturated carbocycles. The number of ether oxygens (including phenoxy) is 1.